The van der Waals surface area contributed by atoms with E-state index >= 15 is 0 Å². The molecule has 2 aromatic heterocycles. The van der Waals surface area contributed by atoms with E-state index in [1.54, 1.807) is 6.26 Å². The Bertz CT molecular complexity index is 986. The number of nitrogens with zero attached hydrogens (tertiary/aromatic N) is 3. The maximum atomic E-state index is 12.5. The van der Waals surface area contributed by atoms with E-state index in [0.29, 0.717) is 6.54 Å². The third-order valence-electron chi connectivity index (χ3n) is 6.36. The van der Waals surface area contributed by atoms with Crippen LogP contribution in [0, 0.1) is 5.92 Å². The second-order valence-electron chi connectivity index (χ2n) is 8.32. The van der Waals surface area contributed by atoms with Gasteiger partial charge < -0.3 is 9.73 Å². The van der Waals surface area contributed by atoms with Crippen molar-refractivity contribution >= 4 is 5.91 Å². The number of para-hydroxylation sites is 1. The fraction of sp³-hybridized carbons (Fsp3) is 0.417. The van der Waals surface area contributed by atoms with Crippen LogP contribution in [0.4, 0.5) is 0 Å². The van der Waals surface area contributed by atoms with Crippen LogP contribution in [0.15, 0.2) is 53.1 Å². The number of aromatic nitrogens is 2. The number of fused-ring (bicyclic) bond motifs is 1. The summed E-state index contributed by atoms with van der Waals surface area (Å²) in [6, 6.07) is 14.2. The zero-order valence-electron chi connectivity index (χ0n) is 17.2. The molecule has 0 spiro atoms. The fourth-order valence-electron chi connectivity index (χ4n) is 4.72. The van der Waals surface area contributed by atoms with Crippen molar-refractivity contribution < 1.29 is 9.21 Å². The summed E-state index contributed by atoms with van der Waals surface area (Å²) < 4.78 is 7.44. The lowest BCUT2D eigenvalue weighted by Gasteiger charge is -2.30. The van der Waals surface area contributed by atoms with Gasteiger partial charge in [-0.25, -0.2) is 4.68 Å². The Morgan fingerprint density at radius 3 is 2.70 bits per heavy atom. The number of benzene rings is 1. The summed E-state index contributed by atoms with van der Waals surface area (Å²) in [5.41, 5.74) is 5.18. The molecule has 0 unspecified atom stereocenters. The largest absolute Gasteiger partial charge is 0.467 e. The van der Waals surface area contributed by atoms with E-state index in [-0.39, 0.29) is 11.8 Å². The van der Waals surface area contributed by atoms with Crippen LogP contribution in [0.25, 0.3) is 5.69 Å². The molecule has 1 N–H and O–H groups in total. The van der Waals surface area contributed by atoms with Gasteiger partial charge in [-0.1, -0.05) is 18.2 Å². The first-order valence-electron chi connectivity index (χ1n) is 11.0. The molecule has 0 bridgehead atoms. The predicted octanol–water partition coefficient (Wildman–Crippen LogP) is 3.48. The molecule has 1 aliphatic heterocycles. The first kappa shape index (κ1) is 19.1. The van der Waals surface area contributed by atoms with Gasteiger partial charge >= 0.3 is 0 Å². The van der Waals surface area contributed by atoms with E-state index < -0.39 is 0 Å². The molecule has 3 heterocycles. The standard InChI is InChI=1S/C24H28N4O2/c29-24(25-16-20-8-5-15-30-20)18-11-13-27(14-12-18)17-22-21-9-4-10-23(21)28(26-22)19-6-2-1-3-7-19/h1-3,5-8,15,18H,4,9-14,16-17H2,(H,25,29). The molecule has 0 saturated carbocycles. The summed E-state index contributed by atoms with van der Waals surface area (Å²) in [7, 11) is 0. The monoisotopic (exact) mass is 404 g/mol. The maximum Gasteiger partial charge on any atom is 0.223 e. The molecular weight excluding hydrogens is 376 g/mol. The second-order valence-corrected chi connectivity index (χ2v) is 8.32. The summed E-state index contributed by atoms with van der Waals surface area (Å²) in [6.07, 6.45) is 6.87. The molecule has 1 fully saturated rings. The molecule has 6 heteroatoms. The Hall–Kier alpha value is -2.86. The van der Waals surface area contributed by atoms with Gasteiger partial charge in [0, 0.05) is 18.2 Å². The Morgan fingerprint density at radius 2 is 1.93 bits per heavy atom. The average Bonchev–Trinajstić information content (AvgIpc) is 3.53. The Balaban J connectivity index is 1.19. The quantitative estimate of drug-likeness (QED) is 0.683. The maximum absolute atomic E-state index is 12.5. The Labute approximate surface area is 176 Å². The number of amides is 1. The summed E-state index contributed by atoms with van der Waals surface area (Å²) >= 11 is 0. The molecule has 5 rings (SSSR count). The van der Waals surface area contributed by atoms with Crippen molar-refractivity contribution in [3.8, 4) is 5.69 Å². The van der Waals surface area contributed by atoms with Crippen LogP contribution in [0.1, 0.15) is 42.0 Å². The highest BCUT2D eigenvalue weighted by Gasteiger charge is 2.28. The van der Waals surface area contributed by atoms with Crippen LogP contribution in [0.5, 0.6) is 0 Å². The molecule has 0 radical (unpaired) electrons. The van der Waals surface area contributed by atoms with Crippen molar-refractivity contribution in [2.75, 3.05) is 13.1 Å². The lowest BCUT2D eigenvalue weighted by atomic mass is 9.95. The van der Waals surface area contributed by atoms with Gasteiger partial charge in [0.05, 0.1) is 24.2 Å². The number of furan rings is 1. The lowest BCUT2D eigenvalue weighted by Crippen LogP contribution is -2.40. The van der Waals surface area contributed by atoms with Gasteiger partial charge in [-0.15, -0.1) is 0 Å². The third-order valence-corrected chi connectivity index (χ3v) is 6.36. The van der Waals surface area contributed by atoms with Gasteiger partial charge in [0.25, 0.3) is 0 Å². The van der Waals surface area contributed by atoms with E-state index in [4.69, 9.17) is 9.52 Å². The van der Waals surface area contributed by atoms with Crippen LogP contribution in [0.2, 0.25) is 0 Å². The van der Waals surface area contributed by atoms with Gasteiger partial charge in [-0.05, 0) is 75.0 Å². The van der Waals surface area contributed by atoms with Gasteiger partial charge in [-0.3, -0.25) is 9.69 Å². The second kappa shape index (κ2) is 8.48. The summed E-state index contributed by atoms with van der Waals surface area (Å²) in [4.78, 5) is 14.9. The molecule has 1 amide bonds. The molecule has 1 saturated heterocycles. The van der Waals surface area contributed by atoms with Crippen LogP contribution < -0.4 is 5.32 Å². The molecule has 1 aromatic carbocycles. The Kier molecular flexibility index (Phi) is 5.41. The minimum absolute atomic E-state index is 0.0869. The van der Waals surface area contributed by atoms with Gasteiger partial charge in [0.2, 0.25) is 5.91 Å². The molecule has 156 valence electrons. The zero-order valence-corrected chi connectivity index (χ0v) is 17.2. The van der Waals surface area contributed by atoms with Crippen molar-refractivity contribution in [3.05, 3.63) is 71.4 Å². The van der Waals surface area contributed by atoms with E-state index in [0.717, 1.165) is 56.8 Å². The van der Waals surface area contributed by atoms with Crippen LogP contribution in [0.3, 0.4) is 0 Å². The van der Waals surface area contributed by atoms with Crippen molar-refractivity contribution in [2.24, 2.45) is 5.92 Å². The Morgan fingerprint density at radius 1 is 1.10 bits per heavy atom. The smallest absolute Gasteiger partial charge is 0.223 e. The zero-order chi connectivity index (χ0) is 20.3. The van der Waals surface area contributed by atoms with Crippen molar-refractivity contribution in [2.45, 2.75) is 45.2 Å². The number of carbonyl (C=O) groups is 1. The SMILES string of the molecule is O=C(NCc1ccco1)C1CCN(Cc2nn(-c3ccccc3)c3c2CCC3)CC1. The number of hydrogen-bond donors (Lipinski definition) is 1. The normalized spacial score (nSPS) is 17.2. The number of likely N-dealkylation sites (tertiary alicyclic amines) is 1. The minimum Gasteiger partial charge on any atom is -0.467 e. The van der Waals surface area contributed by atoms with E-state index in [2.05, 4.69) is 39.2 Å². The van der Waals surface area contributed by atoms with Crippen molar-refractivity contribution in [1.82, 2.24) is 20.0 Å². The number of hydrogen-bond acceptors (Lipinski definition) is 4. The lowest BCUT2D eigenvalue weighted by molar-refractivity contribution is -0.126. The summed E-state index contributed by atoms with van der Waals surface area (Å²) in [5.74, 6) is 1.02. The van der Waals surface area contributed by atoms with Crippen LogP contribution in [-0.2, 0) is 30.7 Å². The highest BCUT2D eigenvalue weighted by Crippen LogP contribution is 2.29. The van der Waals surface area contributed by atoms with Crippen LogP contribution >= 0.6 is 0 Å². The molecule has 3 aromatic rings. The topological polar surface area (TPSA) is 63.3 Å². The molecular formula is C24H28N4O2. The molecule has 2 aliphatic rings. The first-order valence-corrected chi connectivity index (χ1v) is 11.0. The third kappa shape index (κ3) is 3.92. The van der Waals surface area contributed by atoms with Gasteiger partial charge in [0.1, 0.15) is 5.76 Å². The number of piperidine rings is 1. The number of carbonyl (C=O) groups excluding carboxylic acids is 1. The average molecular weight is 405 g/mol. The molecule has 30 heavy (non-hydrogen) atoms. The van der Waals surface area contributed by atoms with E-state index in [1.807, 2.05) is 18.2 Å². The predicted molar refractivity (Wildman–Crippen MR) is 114 cm³/mol. The van der Waals surface area contributed by atoms with Crippen molar-refractivity contribution in [3.63, 3.8) is 0 Å². The number of nitrogens with one attached hydrogen (secondary N) is 1. The molecule has 0 atom stereocenters. The fourth-order valence-corrected chi connectivity index (χ4v) is 4.72. The van der Waals surface area contributed by atoms with Crippen molar-refractivity contribution in [1.29, 1.82) is 0 Å². The number of rotatable bonds is 6. The first-order chi connectivity index (χ1) is 14.8. The minimum atomic E-state index is 0.0869. The molecule has 1 aliphatic carbocycles. The van der Waals surface area contributed by atoms with Crippen LogP contribution in [-0.4, -0.2) is 33.7 Å². The summed E-state index contributed by atoms with van der Waals surface area (Å²) in [6.45, 7) is 3.22. The van der Waals surface area contributed by atoms with Gasteiger partial charge in [-0.2, -0.15) is 5.10 Å². The van der Waals surface area contributed by atoms with Gasteiger partial charge in [0.15, 0.2) is 0 Å². The summed E-state index contributed by atoms with van der Waals surface area (Å²) in [5, 5.41) is 8.00. The highest BCUT2D eigenvalue weighted by molar-refractivity contribution is 5.78. The van der Waals surface area contributed by atoms with E-state index in [9.17, 15) is 4.79 Å². The highest BCUT2D eigenvalue weighted by atomic mass is 16.3. The molecule has 6 nitrogen and oxygen atoms in total. The van der Waals surface area contributed by atoms with E-state index in [1.165, 1.54) is 23.4 Å².